The summed E-state index contributed by atoms with van der Waals surface area (Å²) in [5, 5.41) is 0. The third-order valence-electron chi connectivity index (χ3n) is 3.60. The highest BCUT2D eigenvalue weighted by atomic mass is 19.1. The van der Waals surface area contributed by atoms with Gasteiger partial charge in [-0.25, -0.2) is 8.78 Å². The molecule has 21 heavy (non-hydrogen) atoms. The van der Waals surface area contributed by atoms with Gasteiger partial charge in [0.25, 0.3) is 0 Å². The Labute approximate surface area is 124 Å². The van der Waals surface area contributed by atoms with Crippen molar-refractivity contribution >= 4 is 11.4 Å². The van der Waals surface area contributed by atoms with E-state index >= 15 is 0 Å². The third-order valence-corrected chi connectivity index (χ3v) is 3.60. The predicted molar refractivity (Wildman–Crippen MR) is 82.8 cm³/mol. The Kier molecular flexibility index (Phi) is 4.91. The zero-order valence-corrected chi connectivity index (χ0v) is 12.3. The van der Waals surface area contributed by atoms with Crippen molar-refractivity contribution in [1.29, 1.82) is 0 Å². The van der Waals surface area contributed by atoms with Gasteiger partial charge in [0.05, 0.1) is 0 Å². The standard InChI is InChI=1S/C17H20F2N2/c1-3-15(20)10-12-9-14(19)7-8-17(12)21(2)16-6-4-5-13(18)11-16/h4-9,11,15H,3,10,20H2,1-2H3. The van der Waals surface area contributed by atoms with Gasteiger partial charge in [0.2, 0.25) is 0 Å². The average Bonchev–Trinajstić information content (AvgIpc) is 2.46. The van der Waals surface area contributed by atoms with E-state index in [0.717, 1.165) is 17.7 Å². The number of halogens is 2. The molecule has 0 aliphatic heterocycles. The molecule has 4 heteroatoms. The summed E-state index contributed by atoms with van der Waals surface area (Å²) in [6, 6.07) is 10.9. The number of hydrogen-bond acceptors (Lipinski definition) is 2. The maximum absolute atomic E-state index is 13.5. The first-order chi connectivity index (χ1) is 10.0. The molecule has 0 radical (unpaired) electrons. The van der Waals surface area contributed by atoms with Crippen LogP contribution >= 0.6 is 0 Å². The van der Waals surface area contributed by atoms with Crippen molar-refractivity contribution in [2.45, 2.75) is 25.8 Å². The average molecular weight is 290 g/mol. The van der Waals surface area contributed by atoms with Crippen LogP contribution in [0.3, 0.4) is 0 Å². The fourth-order valence-electron chi connectivity index (χ4n) is 2.30. The van der Waals surface area contributed by atoms with Gasteiger partial charge in [-0.15, -0.1) is 0 Å². The molecule has 0 aromatic heterocycles. The van der Waals surface area contributed by atoms with E-state index in [9.17, 15) is 8.78 Å². The van der Waals surface area contributed by atoms with Crippen molar-refractivity contribution in [3.63, 3.8) is 0 Å². The van der Waals surface area contributed by atoms with Crippen molar-refractivity contribution < 1.29 is 8.78 Å². The third kappa shape index (κ3) is 3.79. The molecule has 0 amide bonds. The summed E-state index contributed by atoms with van der Waals surface area (Å²) in [5.41, 5.74) is 8.37. The van der Waals surface area contributed by atoms with Crippen LogP contribution in [0.1, 0.15) is 18.9 Å². The van der Waals surface area contributed by atoms with E-state index in [0.29, 0.717) is 12.1 Å². The van der Waals surface area contributed by atoms with Gasteiger partial charge in [0, 0.05) is 24.5 Å². The van der Waals surface area contributed by atoms with Gasteiger partial charge in [-0.05, 0) is 54.8 Å². The van der Waals surface area contributed by atoms with Crippen LogP contribution in [0.15, 0.2) is 42.5 Å². The van der Waals surface area contributed by atoms with Gasteiger partial charge in [-0.2, -0.15) is 0 Å². The second-order valence-electron chi connectivity index (χ2n) is 5.18. The molecule has 2 nitrogen and oxygen atoms in total. The van der Waals surface area contributed by atoms with Crippen LogP contribution in [0.5, 0.6) is 0 Å². The molecular weight excluding hydrogens is 270 g/mol. The monoisotopic (exact) mass is 290 g/mol. The highest BCUT2D eigenvalue weighted by molar-refractivity contribution is 5.66. The largest absolute Gasteiger partial charge is 0.344 e. The summed E-state index contributed by atoms with van der Waals surface area (Å²) in [7, 11) is 1.84. The summed E-state index contributed by atoms with van der Waals surface area (Å²) in [5.74, 6) is -0.585. The minimum atomic E-state index is -0.298. The van der Waals surface area contributed by atoms with Crippen LogP contribution in [0.2, 0.25) is 0 Å². The Bertz CT molecular complexity index is 613. The maximum Gasteiger partial charge on any atom is 0.125 e. The zero-order valence-electron chi connectivity index (χ0n) is 12.3. The molecule has 1 unspecified atom stereocenters. The van der Waals surface area contributed by atoms with Crippen LogP contribution in [0.25, 0.3) is 0 Å². The first-order valence-corrected chi connectivity index (χ1v) is 7.04. The molecule has 0 heterocycles. The van der Waals surface area contributed by atoms with Gasteiger partial charge in [-0.3, -0.25) is 0 Å². The lowest BCUT2D eigenvalue weighted by Gasteiger charge is -2.24. The fraction of sp³-hybridized carbons (Fsp3) is 0.294. The number of hydrogen-bond donors (Lipinski definition) is 1. The molecule has 0 saturated carbocycles. The highest BCUT2D eigenvalue weighted by Crippen LogP contribution is 2.29. The van der Waals surface area contributed by atoms with Crippen LogP contribution in [0, 0.1) is 11.6 Å². The van der Waals surface area contributed by atoms with Gasteiger partial charge in [-0.1, -0.05) is 13.0 Å². The summed E-state index contributed by atoms with van der Waals surface area (Å²) < 4.78 is 26.9. The molecule has 2 aromatic carbocycles. The molecule has 0 bridgehead atoms. The molecule has 0 aliphatic carbocycles. The highest BCUT2D eigenvalue weighted by Gasteiger charge is 2.13. The molecule has 0 spiro atoms. The lowest BCUT2D eigenvalue weighted by atomic mass is 10.0. The number of nitrogens with two attached hydrogens (primary N) is 1. The minimum absolute atomic E-state index is 0.0218. The normalized spacial score (nSPS) is 12.2. The lowest BCUT2D eigenvalue weighted by Crippen LogP contribution is -2.23. The molecular formula is C17H20F2N2. The summed E-state index contributed by atoms with van der Waals surface area (Å²) in [6.45, 7) is 2.00. The minimum Gasteiger partial charge on any atom is -0.344 e. The van der Waals surface area contributed by atoms with E-state index in [4.69, 9.17) is 5.73 Å². The van der Waals surface area contributed by atoms with E-state index in [2.05, 4.69) is 0 Å². The van der Waals surface area contributed by atoms with E-state index in [1.54, 1.807) is 12.1 Å². The lowest BCUT2D eigenvalue weighted by molar-refractivity contribution is 0.614. The molecule has 2 rings (SSSR count). The van der Waals surface area contributed by atoms with Crippen molar-refractivity contribution in [2.24, 2.45) is 5.73 Å². The maximum atomic E-state index is 13.5. The van der Waals surface area contributed by atoms with Crippen LogP contribution < -0.4 is 10.6 Å². The van der Waals surface area contributed by atoms with Crippen molar-refractivity contribution in [2.75, 3.05) is 11.9 Å². The molecule has 2 N–H and O–H groups in total. The van der Waals surface area contributed by atoms with Crippen LogP contribution in [-0.2, 0) is 6.42 Å². The van der Waals surface area contributed by atoms with Gasteiger partial charge in [0.1, 0.15) is 11.6 Å². The molecule has 112 valence electrons. The number of anilines is 2. The number of nitrogens with zero attached hydrogens (tertiary/aromatic N) is 1. The van der Waals surface area contributed by atoms with Crippen molar-refractivity contribution in [3.8, 4) is 0 Å². The first-order valence-electron chi connectivity index (χ1n) is 7.04. The Hall–Kier alpha value is -1.94. The quantitative estimate of drug-likeness (QED) is 0.901. The SMILES string of the molecule is CCC(N)Cc1cc(F)ccc1N(C)c1cccc(F)c1. The van der Waals surface area contributed by atoms with E-state index in [1.807, 2.05) is 24.9 Å². The fourth-order valence-corrected chi connectivity index (χ4v) is 2.30. The van der Waals surface area contributed by atoms with Gasteiger partial charge >= 0.3 is 0 Å². The van der Waals surface area contributed by atoms with Crippen LogP contribution in [-0.4, -0.2) is 13.1 Å². The van der Waals surface area contributed by atoms with Gasteiger partial charge < -0.3 is 10.6 Å². The Morgan fingerprint density at radius 1 is 1.10 bits per heavy atom. The first kappa shape index (κ1) is 15.4. The second kappa shape index (κ2) is 6.68. The van der Waals surface area contributed by atoms with E-state index in [-0.39, 0.29) is 17.7 Å². The Morgan fingerprint density at radius 2 is 1.81 bits per heavy atom. The predicted octanol–water partition coefficient (Wildman–Crippen LogP) is 4.01. The Morgan fingerprint density at radius 3 is 2.48 bits per heavy atom. The van der Waals surface area contributed by atoms with E-state index < -0.39 is 0 Å². The topological polar surface area (TPSA) is 29.3 Å². The summed E-state index contributed by atoms with van der Waals surface area (Å²) in [6.07, 6.45) is 1.41. The Balaban J connectivity index is 2.38. The smallest absolute Gasteiger partial charge is 0.125 e. The molecule has 1 atom stereocenters. The van der Waals surface area contributed by atoms with Crippen molar-refractivity contribution in [3.05, 3.63) is 59.7 Å². The van der Waals surface area contributed by atoms with Gasteiger partial charge in [0.15, 0.2) is 0 Å². The molecule has 0 saturated heterocycles. The summed E-state index contributed by atoms with van der Waals surface area (Å²) >= 11 is 0. The number of rotatable bonds is 5. The number of benzene rings is 2. The van der Waals surface area contributed by atoms with E-state index in [1.165, 1.54) is 24.3 Å². The molecule has 0 aliphatic rings. The van der Waals surface area contributed by atoms with Crippen molar-refractivity contribution in [1.82, 2.24) is 0 Å². The second-order valence-corrected chi connectivity index (χ2v) is 5.18. The zero-order chi connectivity index (χ0) is 15.4. The molecule has 2 aromatic rings. The molecule has 0 fully saturated rings. The summed E-state index contributed by atoms with van der Waals surface area (Å²) in [4.78, 5) is 1.85. The van der Waals surface area contributed by atoms with Crippen LogP contribution in [0.4, 0.5) is 20.2 Å².